The molecule has 0 aliphatic carbocycles. The summed E-state index contributed by atoms with van der Waals surface area (Å²) in [6, 6.07) is 10.7. The molecule has 1 unspecified atom stereocenters. The SMILES string of the molecule is CC(Sc1nc2cc(Cl)ccc2s1)C(=O)c1ccc2c(c1)NC(=O)CO2. The van der Waals surface area contributed by atoms with Crippen LogP contribution in [0.25, 0.3) is 10.2 Å². The second-order valence-corrected chi connectivity index (χ2v) is 8.82. The number of ketones is 1. The third kappa shape index (κ3) is 3.42. The van der Waals surface area contributed by atoms with Crippen LogP contribution in [0.1, 0.15) is 17.3 Å². The van der Waals surface area contributed by atoms with E-state index in [0.29, 0.717) is 22.0 Å². The van der Waals surface area contributed by atoms with Crippen LogP contribution in [0.15, 0.2) is 40.7 Å². The number of hydrogen-bond acceptors (Lipinski definition) is 6. The van der Waals surface area contributed by atoms with Crippen molar-refractivity contribution < 1.29 is 14.3 Å². The number of nitrogens with zero attached hydrogens (tertiary/aromatic N) is 1. The Balaban J connectivity index is 1.53. The molecule has 0 saturated heterocycles. The summed E-state index contributed by atoms with van der Waals surface area (Å²) in [5.74, 6) is 0.317. The van der Waals surface area contributed by atoms with E-state index in [1.54, 1.807) is 18.2 Å². The predicted octanol–water partition coefficient (Wildman–Crippen LogP) is 4.64. The maximum atomic E-state index is 12.8. The molecular formula is C18H13ClN2O3S2. The van der Waals surface area contributed by atoms with Crippen LogP contribution < -0.4 is 10.1 Å². The lowest BCUT2D eigenvalue weighted by Gasteiger charge is -2.18. The predicted molar refractivity (Wildman–Crippen MR) is 105 cm³/mol. The van der Waals surface area contributed by atoms with Gasteiger partial charge in [-0.3, -0.25) is 9.59 Å². The van der Waals surface area contributed by atoms with Crippen molar-refractivity contribution in [2.75, 3.05) is 11.9 Å². The fraction of sp³-hybridized carbons (Fsp3) is 0.167. The van der Waals surface area contributed by atoms with Crippen LogP contribution >= 0.6 is 34.7 Å². The highest BCUT2D eigenvalue weighted by Crippen LogP contribution is 2.35. The summed E-state index contributed by atoms with van der Waals surface area (Å²) in [6.45, 7) is 1.84. The average Bonchev–Trinajstić information content (AvgIpc) is 3.01. The van der Waals surface area contributed by atoms with E-state index in [0.717, 1.165) is 14.6 Å². The summed E-state index contributed by atoms with van der Waals surface area (Å²) in [4.78, 5) is 28.8. The number of rotatable bonds is 4. The smallest absolute Gasteiger partial charge is 0.262 e. The Kier molecular flexibility index (Phi) is 4.60. The highest BCUT2D eigenvalue weighted by Gasteiger charge is 2.22. The Bertz CT molecular complexity index is 1030. The highest BCUT2D eigenvalue weighted by atomic mass is 35.5. The Morgan fingerprint density at radius 1 is 1.35 bits per heavy atom. The lowest BCUT2D eigenvalue weighted by molar-refractivity contribution is -0.118. The second kappa shape index (κ2) is 6.90. The number of aromatic nitrogens is 1. The van der Waals surface area contributed by atoms with Gasteiger partial charge in [0.1, 0.15) is 5.75 Å². The quantitative estimate of drug-likeness (QED) is 0.506. The molecule has 0 bridgehead atoms. The van der Waals surface area contributed by atoms with Gasteiger partial charge in [0.15, 0.2) is 16.7 Å². The Morgan fingerprint density at radius 2 is 2.19 bits per heavy atom. The number of amides is 1. The normalized spacial score (nSPS) is 14.5. The number of thiazole rings is 1. The summed E-state index contributed by atoms with van der Waals surface area (Å²) in [6.07, 6.45) is 0. The fourth-order valence-electron chi connectivity index (χ4n) is 2.61. The molecule has 1 amide bonds. The monoisotopic (exact) mass is 404 g/mol. The van der Waals surface area contributed by atoms with Crippen LogP contribution in [0.5, 0.6) is 5.75 Å². The van der Waals surface area contributed by atoms with Gasteiger partial charge >= 0.3 is 0 Å². The van der Waals surface area contributed by atoms with Gasteiger partial charge in [0, 0.05) is 10.6 Å². The molecule has 2 aromatic carbocycles. The van der Waals surface area contributed by atoms with E-state index in [1.165, 1.54) is 23.1 Å². The van der Waals surface area contributed by atoms with Crippen molar-refractivity contribution in [2.45, 2.75) is 16.5 Å². The van der Waals surface area contributed by atoms with Crippen molar-refractivity contribution in [3.8, 4) is 5.75 Å². The zero-order valence-electron chi connectivity index (χ0n) is 13.6. The van der Waals surface area contributed by atoms with E-state index in [4.69, 9.17) is 16.3 Å². The molecule has 1 N–H and O–H groups in total. The van der Waals surface area contributed by atoms with Gasteiger partial charge in [-0.25, -0.2) is 4.98 Å². The summed E-state index contributed by atoms with van der Waals surface area (Å²) in [5.41, 5.74) is 1.89. The minimum Gasteiger partial charge on any atom is -0.482 e. The van der Waals surface area contributed by atoms with Gasteiger partial charge in [0.25, 0.3) is 5.91 Å². The zero-order valence-corrected chi connectivity index (χ0v) is 16.0. The molecule has 1 atom stereocenters. The first-order chi connectivity index (χ1) is 12.5. The van der Waals surface area contributed by atoms with E-state index in [-0.39, 0.29) is 23.5 Å². The number of thioether (sulfide) groups is 1. The van der Waals surface area contributed by atoms with Gasteiger partial charge in [-0.05, 0) is 43.3 Å². The first kappa shape index (κ1) is 17.3. The molecule has 1 aliphatic heterocycles. The van der Waals surface area contributed by atoms with E-state index >= 15 is 0 Å². The van der Waals surface area contributed by atoms with Crippen molar-refractivity contribution in [3.05, 3.63) is 47.0 Å². The molecule has 0 spiro atoms. The largest absolute Gasteiger partial charge is 0.482 e. The molecule has 0 radical (unpaired) electrons. The summed E-state index contributed by atoms with van der Waals surface area (Å²) in [7, 11) is 0. The van der Waals surface area contributed by atoms with E-state index in [2.05, 4.69) is 10.3 Å². The summed E-state index contributed by atoms with van der Waals surface area (Å²) < 4.78 is 7.17. The Morgan fingerprint density at radius 3 is 3.04 bits per heavy atom. The number of carbonyl (C=O) groups excluding carboxylic acids is 2. The third-order valence-electron chi connectivity index (χ3n) is 3.87. The van der Waals surface area contributed by atoms with Gasteiger partial charge in [-0.15, -0.1) is 11.3 Å². The number of benzene rings is 2. The van der Waals surface area contributed by atoms with Crippen molar-refractivity contribution in [2.24, 2.45) is 0 Å². The molecule has 26 heavy (non-hydrogen) atoms. The second-order valence-electron chi connectivity index (χ2n) is 5.76. The molecule has 1 aliphatic rings. The topological polar surface area (TPSA) is 68.3 Å². The summed E-state index contributed by atoms with van der Waals surface area (Å²) >= 11 is 8.94. The van der Waals surface area contributed by atoms with Crippen LogP contribution in [0.4, 0.5) is 5.69 Å². The number of Topliss-reactive ketones (excluding diaryl/α,β-unsaturated/α-hetero) is 1. The van der Waals surface area contributed by atoms with Crippen LogP contribution in [-0.2, 0) is 4.79 Å². The van der Waals surface area contributed by atoms with Crippen LogP contribution in [0.2, 0.25) is 5.02 Å². The van der Waals surface area contributed by atoms with Crippen molar-refractivity contribution >= 4 is 62.3 Å². The minimum atomic E-state index is -0.315. The van der Waals surface area contributed by atoms with Crippen molar-refractivity contribution in [1.29, 1.82) is 0 Å². The Labute approximate surface area is 162 Å². The average molecular weight is 405 g/mol. The molecule has 132 valence electrons. The number of fused-ring (bicyclic) bond motifs is 2. The molecule has 2 heterocycles. The van der Waals surface area contributed by atoms with E-state index in [1.807, 2.05) is 25.1 Å². The standard InChI is InChI=1S/C18H13ClN2O3S2/c1-9(25-18-21-13-7-11(19)3-5-15(13)26-18)17(23)10-2-4-14-12(6-10)20-16(22)8-24-14/h2-7,9H,8H2,1H3,(H,20,22). The van der Waals surface area contributed by atoms with E-state index < -0.39 is 0 Å². The van der Waals surface area contributed by atoms with Gasteiger partial charge in [0.2, 0.25) is 0 Å². The van der Waals surface area contributed by atoms with E-state index in [9.17, 15) is 9.59 Å². The van der Waals surface area contributed by atoms with Crippen LogP contribution in [0, 0.1) is 0 Å². The highest BCUT2D eigenvalue weighted by molar-refractivity contribution is 8.02. The maximum absolute atomic E-state index is 12.8. The van der Waals surface area contributed by atoms with Gasteiger partial charge < -0.3 is 10.1 Å². The molecular weight excluding hydrogens is 392 g/mol. The number of carbonyl (C=O) groups is 2. The molecule has 0 saturated carbocycles. The molecule has 5 nitrogen and oxygen atoms in total. The van der Waals surface area contributed by atoms with Gasteiger partial charge in [-0.2, -0.15) is 0 Å². The van der Waals surface area contributed by atoms with Crippen LogP contribution in [-0.4, -0.2) is 28.5 Å². The number of anilines is 1. The number of halogens is 1. The first-order valence-corrected chi connectivity index (χ1v) is 9.91. The molecule has 1 aromatic heterocycles. The first-order valence-electron chi connectivity index (χ1n) is 7.83. The summed E-state index contributed by atoms with van der Waals surface area (Å²) in [5, 5.41) is 3.05. The lowest BCUT2D eigenvalue weighted by atomic mass is 10.1. The molecule has 0 fully saturated rings. The van der Waals surface area contributed by atoms with Crippen LogP contribution in [0.3, 0.4) is 0 Å². The lowest BCUT2D eigenvalue weighted by Crippen LogP contribution is -2.25. The molecule has 4 rings (SSSR count). The maximum Gasteiger partial charge on any atom is 0.262 e. The Hall–Kier alpha value is -2.09. The molecule has 3 aromatic rings. The number of hydrogen-bond donors (Lipinski definition) is 1. The minimum absolute atomic E-state index is 0.00578. The zero-order chi connectivity index (χ0) is 18.3. The van der Waals surface area contributed by atoms with Gasteiger partial charge in [-0.1, -0.05) is 23.4 Å². The molecule has 8 heteroatoms. The van der Waals surface area contributed by atoms with Crippen molar-refractivity contribution in [3.63, 3.8) is 0 Å². The van der Waals surface area contributed by atoms with Gasteiger partial charge in [0.05, 0.1) is 21.2 Å². The fourth-order valence-corrected chi connectivity index (χ4v) is 5.04. The van der Waals surface area contributed by atoms with Crippen molar-refractivity contribution in [1.82, 2.24) is 4.98 Å². The third-order valence-corrected chi connectivity index (χ3v) is 6.34. The number of nitrogens with one attached hydrogen (secondary N) is 1. The number of ether oxygens (including phenoxy) is 1.